The molecule has 1 unspecified atom stereocenters. The van der Waals surface area contributed by atoms with E-state index < -0.39 is 0 Å². The first-order valence-corrected chi connectivity index (χ1v) is 7.87. The van der Waals surface area contributed by atoms with E-state index in [1.807, 2.05) is 6.08 Å². The number of hydrogen-bond acceptors (Lipinski definition) is 1. The molecule has 1 heteroatoms. The Morgan fingerprint density at radius 3 is 2.90 bits per heavy atom. The van der Waals surface area contributed by atoms with E-state index in [4.69, 9.17) is 6.42 Å². The predicted molar refractivity (Wildman–Crippen MR) is 91.3 cm³/mol. The van der Waals surface area contributed by atoms with Crippen molar-refractivity contribution in [3.8, 4) is 12.3 Å². The van der Waals surface area contributed by atoms with Crippen LogP contribution in [0.2, 0.25) is 0 Å². The summed E-state index contributed by atoms with van der Waals surface area (Å²) in [6.07, 6.45) is 12.2. The van der Waals surface area contributed by atoms with Crippen LogP contribution < -0.4 is 0 Å². The van der Waals surface area contributed by atoms with Crippen LogP contribution in [0.15, 0.2) is 30.9 Å². The lowest BCUT2D eigenvalue weighted by atomic mass is 9.71. The van der Waals surface area contributed by atoms with Gasteiger partial charge in [-0.3, -0.25) is 4.90 Å². The van der Waals surface area contributed by atoms with Crippen molar-refractivity contribution in [1.82, 2.24) is 4.90 Å². The smallest absolute Gasteiger partial charge is 0.0353 e. The Labute approximate surface area is 130 Å². The lowest BCUT2D eigenvalue weighted by Gasteiger charge is -2.41. The molecular weight excluding hydrogens is 254 g/mol. The Bertz CT molecular complexity index is 547. The SMILES string of the molecule is C#Cc1ccc2c(c1)C(N(C)CCCC=C)CC(C)(C)C2. The Morgan fingerprint density at radius 1 is 1.48 bits per heavy atom. The molecule has 0 saturated heterocycles. The molecule has 112 valence electrons. The van der Waals surface area contributed by atoms with Crippen LogP contribution in [0, 0.1) is 17.8 Å². The molecule has 1 aromatic rings. The summed E-state index contributed by atoms with van der Waals surface area (Å²) in [5.74, 6) is 2.78. The molecule has 2 rings (SSSR count). The van der Waals surface area contributed by atoms with Gasteiger partial charge in [-0.25, -0.2) is 0 Å². The van der Waals surface area contributed by atoms with Crippen LogP contribution in [0.25, 0.3) is 0 Å². The second kappa shape index (κ2) is 6.50. The van der Waals surface area contributed by atoms with Gasteiger partial charge in [0.15, 0.2) is 0 Å². The second-order valence-corrected chi connectivity index (χ2v) is 7.03. The van der Waals surface area contributed by atoms with Gasteiger partial charge in [0.05, 0.1) is 0 Å². The molecule has 0 fully saturated rings. The summed E-state index contributed by atoms with van der Waals surface area (Å²) in [4.78, 5) is 2.49. The normalized spacial score (nSPS) is 19.9. The van der Waals surface area contributed by atoms with E-state index in [1.54, 1.807) is 0 Å². The molecule has 0 heterocycles. The van der Waals surface area contributed by atoms with Gasteiger partial charge in [-0.2, -0.15) is 0 Å². The van der Waals surface area contributed by atoms with Gasteiger partial charge >= 0.3 is 0 Å². The number of nitrogens with zero attached hydrogens (tertiary/aromatic N) is 1. The van der Waals surface area contributed by atoms with E-state index in [9.17, 15) is 0 Å². The summed E-state index contributed by atoms with van der Waals surface area (Å²) in [6, 6.07) is 7.01. The highest BCUT2D eigenvalue weighted by Gasteiger charge is 2.33. The average molecular weight is 281 g/mol. The van der Waals surface area contributed by atoms with E-state index in [0.29, 0.717) is 11.5 Å². The third-order valence-corrected chi connectivity index (χ3v) is 4.54. The number of rotatable bonds is 5. The molecule has 1 aliphatic rings. The maximum absolute atomic E-state index is 5.58. The fraction of sp³-hybridized carbons (Fsp3) is 0.500. The highest BCUT2D eigenvalue weighted by atomic mass is 15.1. The highest BCUT2D eigenvalue weighted by Crippen LogP contribution is 2.43. The van der Waals surface area contributed by atoms with Gasteiger partial charge in [0.2, 0.25) is 0 Å². The lowest BCUT2D eigenvalue weighted by Crippen LogP contribution is -2.35. The van der Waals surface area contributed by atoms with Crippen LogP contribution in [-0.4, -0.2) is 18.5 Å². The Kier molecular flexibility index (Phi) is 4.91. The monoisotopic (exact) mass is 281 g/mol. The van der Waals surface area contributed by atoms with Crippen molar-refractivity contribution in [2.75, 3.05) is 13.6 Å². The molecular formula is C20H27N. The van der Waals surface area contributed by atoms with Crippen molar-refractivity contribution < 1.29 is 0 Å². The average Bonchev–Trinajstić information content (AvgIpc) is 2.45. The number of unbranched alkanes of at least 4 members (excludes halogenated alkanes) is 1. The van der Waals surface area contributed by atoms with E-state index in [1.165, 1.54) is 24.0 Å². The van der Waals surface area contributed by atoms with Crippen molar-refractivity contribution in [2.45, 2.75) is 45.6 Å². The Hall–Kier alpha value is -1.52. The minimum Gasteiger partial charge on any atom is -0.299 e. The fourth-order valence-electron chi connectivity index (χ4n) is 3.41. The molecule has 0 radical (unpaired) electrons. The van der Waals surface area contributed by atoms with Gasteiger partial charge in [0.1, 0.15) is 0 Å². The van der Waals surface area contributed by atoms with Crippen molar-refractivity contribution in [2.24, 2.45) is 5.41 Å². The van der Waals surface area contributed by atoms with Gasteiger partial charge in [-0.05, 0) is 68.0 Å². The van der Waals surface area contributed by atoms with E-state index in [-0.39, 0.29) is 0 Å². The third-order valence-electron chi connectivity index (χ3n) is 4.54. The molecule has 21 heavy (non-hydrogen) atoms. The summed E-state index contributed by atoms with van der Waals surface area (Å²) in [6.45, 7) is 9.66. The molecule has 1 aliphatic carbocycles. The Morgan fingerprint density at radius 2 is 2.24 bits per heavy atom. The number of allylic oxidation sites excluding steroid dienone is 1. The number of terminal acetylenes is 1. The zero-order valence-corrected chi connectivity index (χ0v) is 13.7. The topological polar surface area (TPSA) is 3.24 Å². The summed E-state index contributed by atoms with van der Waals surface area (Å²) >= 11 is 0. The first-order valence-electron chi connectivity index (χ1n) is 7.87. The summed E-state index contributed by atoms with van der Waals surface area (Å²) in [5, 5.41) is 0. The van der Waals surface area contributed by atoms with Crippen molar-refractivity contribution >= 4 is 0 Å². The van der Waals surface area contributed by atoms with Crippen molar-refractivity contribution in [1.29, 1.82) is 0 Å². The van der Waals surface area contributed by atoms with Gasteiger partial charge in [-0.15, -0.1) is 13.0 Å². The molecule has 0 spiro atoms. The number of benzene rings is 1. The largest absolute Gasteiger partial charge is 0.299 e. The summed E-state index contributed by atoms with van der Waals surface area (Å²) < 4.78 is 0. The maximum atomic E-state index is 5.58. The van der Waals surface area contributed by atoms with Gasteiger partial charge in [0, 0.05) is 11.6 Å². The van der Waals surface area contributed by atoms with Crippen molar-refractivity contribution in [3.63, 3.8) is 0 Å². The standard InChI is InChI=1S/C20H27N/c1-6-8-9-12-21(5)19-15-20(3,4)14-17-11-10-16(7-2)13-18(17)19/h2,6,10-11,13,19H,1,8-9,12,14-15H2,3-5H3. The van der Waals surface area contributed by atoms with Gasteiger partial charge in [0.25, 0.3) is 0 Å². The first kappa shape index (κ1) is 15.9. The zero-order valence-electron chi connectivity index (χ0n) is 13.7. The number of fused-ring (bicyclic) bond motifs is 1. The van der Waals surface area contributed by atoms with E-state index >= 15 is 0 Å². The van der Waals surface area contributed by atoms with Crippen LogP contribution in [0.1, 0.15) is 55.8 Å². The minimum atomic E-state index is 0.349. The zero-order chi connectivity index (χ0) is 15.5. The summed E-state index contributed by atoms with van der Waals surface area (Å²) in [5.41, 5.74) is 4.25. The minimum absolute atomic E-state index is 0.349. The van der Waals surface area contributed by atoms with Crippen LogP contribution in [-0.2, 0) is 6.42 Å². The summed E-state index contributed by atoms with van der Waals surface area (Å²) in [7, 11) is 2.24. The van der Waals surface area contributed by atoms with E-state index in [0.717, 1.165) is 24.9 Å². The quantitative estimate of drug-likeness (QED) is 0.434. The van der Waals surface area contributed by atoms with E-state index in [2.05, 4.69) is 56.5 Å². The molecule has 0 N–H and O–H groups in total. The second-order valence-electron chi connectivity index (χ2n) is 7.03. The fourth-order valence-corrected chi connectivity index (χ4v) is 3.41. The molecule has 0 aromatic heterocycles. The molecule has 0 amide bonds. The molecule has 1 aromatic carbocycles. The molecule has 0 aliphatic heterocycles. The molecule has 1 atom stereocenters. The molecule has 1 nitrogen and oxygen atoms in total. The Balaban J connectivity index is 2.28. The molecule has 0 bridgehead atoms. The first-order chi connectivity index (χ1) is 9.96. The van der Waals surface area contributed by atoms with Crippen LogP contribution in [0.4, 0.5) is 0 Å². The predicted octanol–water partition coefficient (Wildman–Crippen LogP) is 4.58. The van der Waals surface area contributed by atoms with Crippen LogP contribution in [0.3, 0.4) is 0 Å². The highest BCUT2D eigenvalue weighted by molar-refractivity contribution is 5.43. The maximum Gasteiger partial charge on any atom is 0.0353 e. The number of hydrogen-bond donors (Lipinski definition) is 0. The van der Waals surface area contributed by atoms with Crippen LogP contribution in [0.5, 0.6) is 0 Å². The van der Waals surface area contributed by atoms with Gasteiger partial charge in [-0.1, -0.05) is 31.9 Å². The van der Waals surface area contributed by atoms with Gasteiger partial charge < -0.3 is 0 Å². The third kappa shape index (κ3) is 3.77. The van der Waals surface area contributed by atoms with Crippen molar-refractivity contribution in [3.05, 3.63) is 47.5 Å². The van der Waals surface area contributed by atoms with Crippen LogP contribution >= 0.6 is 0 Å². The molecule has 0 saturated carbocycles. The lowest BCUT2D eigenvalue weighted by molar-refractivity contribution is 0.153.